The minimum absolute atomic E-state index is 0.425. The van der Waals surface area contributed by atoms with Crippen LogP contribution in [-0.2, 0) is 4.74 Å². The van der Waals surface area contributed by atoms with Crippen molar-refractivity contribution in [1.29, 1.82) is 0 Å². The van der Waals surface area contributed by atoms with E-state index in [1.54, 1.807) is 0 Å². The molecule has 0 aromatic heterocycles. The van der Waals surface area contributed by atoms with E-state index in [-0.39, 0.29) is 0 Å². The van der Waals surface area contributed by atoms with Crippen LogP contribution in [0.25, 0.3) is 0 Å². The van der Waals surface area contributed by atoms with E-state index in [9.17, 15) is 0 Å². The molecule has 1 saturated heterocycles. The van der Waals surface area contributed by atoms with Crippen LogP contribution >= 0.6 is 0 Å². The summed E-state index contributed by atoms with van der Waals surface area (Å²) in [6.07, 6.45) is 2.07. The molecule has 0 aromatic rings. The summed E-state index contributed by atoms with van der Waals surface area (Å²) in [4.78, 5) is 0. The van der Waals surface area contributed by atoms with E-state index in [2.05, 4.69) is 33.0 Å². The molecule has 0 aromatic carbocycles. The molecule has 0 radical (unpaired) electrons. The van der Waals surface area contributed by atoms with Crippen molar-refractivity contribution in [3.05, 3.63) is 0 Å². The molecule has 0 aliphatic carbocycles. The van der Waals surface area contributed by atoms with E-state index >= 15 is 0 Å². The highest BCUT2D eigenvalue weighted by Crippen LogP contribution is 2.31. The molecule has 1 heterocycles. The maximum atomic E-state index is 5.78. The normalized spacial score (nSPS) is 39.7. The lowest BCUT2D eigenvalue weighted by Gasteiger charge is -2.18. The molecular formula is C11H23NO. The largest absolute Gasteiger partial charge is 0.375 e. The van der Waals surface area contributed by atoms with E-state index in [1.165, 1.54) is 6.42 Å². The summed E-state index contributed by atoms with van der Waals surface area (Å²) in [6, 6.07) is 0. The summed E-state index contributed by atoms with van der Waals surface area (Å²) >= 11 is 0. The number of ether oxygens (including phenoxy) is 1. The Labute approximate surface area is 82.0 Å². The third-order valence-electron chi connectivity index (χ3n) is 3.25. The second-order valence-corrected chi connectivity index (χ2v) is 4.27. The average molecular weight is 185 g/mol. The van der Waals surface area contributed by atoms with Crippen molar-refractivity contribution in [2.45, 2.75) is 46.3 Å². The Morgan fingerprint density at radius 2 is 1.85 bits per heavy atom. The molecule has 1 aliphatic heterocycles. The SMILES string of the molecule is CCCNCC1C(C)OC(C)C1C. The molecule has 13 heavy (non-hydrogen) atoms. The summed E-state index contributed by atoms with van der Waals surface area (Å²) < 4.78 is 5.78. The first-order chi connectivity index (χ1) is 6.16. The van der Waals surface area contributed by atoms with Crippen molar-refractivity contribution >= 4 is 0 Å². The van der Waals surface area contributed by atoms with Crippen molar-refractivity contribution in [1.82, 2.24) is 5.32 Å². The Kier molecular flexibility index (Phi) is 4.20. The van der Waals surface area contributed by atoms with Gasteiger partial charge in [-0.05, 0) is 32.7 Å². The van der Waals surface area contributed by atoms with Gasteiger partial charge in [0.15, 0.2) is 0 Å². The second-order valence-electron chi connectivity index (χ2n) is 4.27. The highest BCUT2D eigenvalue weighted by Gasteiger charge is 2.36. The minimum atomic E-state index is 0.425. The first-order valence-corrected chi connectivity index (χ1v) is 5.53. The Morgan fingerprint density at radius 1 is 1.15 bits per heavy atom. The van der Waals surface area contributed by atoms with Gasteiger partial charge in [-0.2, -0.15) is 0 Å². The van der Waals surface area contributed by atoms with Gasteiger partial charge < -0.3 is 10.1 Å². The summed E-state index contributed by atoms with van der Waals surface area (Å²) in [7, 11) is 0. The summed E-state index contributed by atoms with van der Waals surface area (Å²) in [5.41, 5.74) is 0. The third-order valence-corrected chi connectivity index (χ3v) is 3.25. The molecule has 2 heteroatoms. The van der Waals surface area contributed by atoms with Crippen molar-refractivity contribution < 1.29 is 4.74 Å². The fraction of sp³-hybridized carbons (Fsp3) is 1.00. The molecule has 4 atom stereocenters. The molecule has 0 saturated carbocycles. The first kappa shape index (κ1) is 11.0. The highest BCUT2D eigenvalue weighted by molar-refractivity contribution is 4.84. The molecule has 0 bridgehead atoms. The molecule has 4 unspecified atom stereocenters. The van der Waals surface area contributed by atoms with Crippen molar-refractivity contribution in [3.63, 3.8) is 0 Å². The summed E-state index contributed by atoms with van der Waals surface area (Å²) in [5.74, 6) is 1.39. The molecule has 2 nitrogen and oxygen atoms in total. The minimum Gasteiger partial charge on any atom is -0.375 e. The van der Waals surface area contributed by atoms with Crippen LogP contribution in [-0.4, -0.2) is 25.3 Å². The van der Waals surface area contributed by atoms with Gasteiger partial charge in [0, 0.05) is 12.5 Å². The molecule has 1 aliphatic rings. The quantitative estimate of drug-likeness (QED) is 0.677. The third kappa shape index (κ3) is 2.68. The molecule has 1 rings (SSSR count). The average Bonchev–Trinajstić information content (AvgIpc) is 2.32. The zero-order valence-electron chi connectivity index (χ0n) is 9.34. The zero-order chi connectivity index (χ0) is 9.84. The summed E-state index contributed by atoms with van der Waals surface area (Å²) in [5, 5.41) is 3.48. The Hall–Kier alpha value is -0.0800. The van der Waals surface area contributed by atoms with Crippen LogP contribution in [0.1, 0.15) is 34.1 Å². The van der Waals surface area contributed by atoms with Gasteiger partial charge in [-0.1, -0.05) is 13.8 Å². The van der Waals surface area contributed by atoms with Crippen LogP contribution in [0.2, 0.25) is 0 Å². The van der Waals surface area contributed by atoms with E-state index in [0.29, 0.717) is 24.0 Å². The Bertz CT molecular complexity index is 149. The fourth-order valence-corrected chi connectivity index (χ4v) is 2.14. The van der Waals surface area contributed by atoms with Crippen LogP contribution in [0, 0.1) is 11.8 Å². The Balaban J connectivity index is 2.31. The fourth-order valence-electron chi connectivity index (χ4n) is 2.14. The predicted molar refractivity (Wildman–Crippen MR) is 55.8 cm³/mol. The number of nitrogens with one attached hydrogen (secondary N) is 1. The van der Waals surface area contributed by atoms with Crippen LogP contribution in [0.15, 0.2) is 0 Å². The molecule has 0 spiro atoms. The van der Waals surface area contributed by atoms with Gasteiger partial charge in [0.25, 0.3) is 0 Å². The van der Waals surface area contributed by atoms with Gasteiger partial charge in [-0.25, -0.2) is 0 Å². The maximum Gasteiger partial charge on any atom is 0.0594 e. The lowest BCUT2D eigenvalue weighted by Crippen LogP contribution is -2.31. The molecule has 1 N–H and O–H groups in total. The van der Waals surface area contributed by atoms with Gasteiger partial charge in [0.2, 0.25) is 0 Å². The van der Waals surface area contributed by atoms with Crippen LogP contribution < -0.4 is 5.32 Å². The number of rotatable bonds is 4. The first-order valence-electron chi connectivity index (χ1n) is 5.53. The van der Waals surface area contributed by atoms with Crippen molar-refractivity contribution in [2.75, 3.05) is 13.1 Å². The predicted octanol–water partition coefficient (Wildman–Crippen LogP) is 2.05. The zero-order valence-corrected chi connectivity index (χ0v) is 9.34. The van der Waals surface area contributed by atoms with E-state index in [0.717, 1.165) is 13.1 Å². The molecule has 1 fully saturated rings. The van der Waals surface area contributed by atoms with Gasteiger partial charge >= 0.3 is 0 Å². The summed E-state index contributed by atoms with van der Waals surface area (Å²) in [6.45, 7) is 11.1. The van der Waals surface area contributed by atoms with E-state index in [4.69, 9.17) is 4.74 Å². The van der Waals surface area contributed by atoms with Crippen LogP contribution in [0.3, 0.4) is 0 Å². The maximum absolute atomic E-state index is 5.78. The van der Waals surface area contributed by atoms with Gasteiger partial charge in [-0.15, -0.1) is 0 Å². The lowest BCUT2D eigenvalue weighted by molar-refractivity contribution is 0.0512. The van der Waals surface area contributed by atoms with Gasteiger partial charge in [0.05, 0.1) is 12.2 Å². The lowest BCUT2D eigenvalue weighted by atomic mass is 9.89. The number of hydrogen-bond donors (Lipinski definition) is 1. The highest BCUT2D eigenvalue weighted by atomic mass is 16.5. The topological polar surface area (TPSA) is 21.3 Å². The second kappa shape index (κ2) is 4.97. The van der Waals surface area contributed by atoms with Gasteiger partial charge in [-0.3, -0.25) is 0 Å². The van der Waals surface area contributed by atoms with Crippen LogP contribution in [0.4, 0.5) is 0 Å². The number of hydrogen-bond acceptors (Lipinski definition) is 2. The monoisotopic (exact) mass is 185 g/mol. The van der Waals surface area contributed by atoms with Crippen molar-refractivity contribution in [3.8, 4) is 0 Å². The standard InChI is InChI=1S/C11H23NO/c1-5-6-12-7-11-8(2)9(3)13-10(11)4/h8-12H,5-7H2,1-4H3. The Morgan fingerprint density at radius 3 is 2.31 bits per heavy atom. The van der Waals surface area contributed by atoms with Crippen LogP contribution in [0.5, 0.6) is 0 Å². The van der Waals surface area contributed by atoms with E-state index < -0.39 is 0 Å². The smallest absolute Gasteiger partial charge is 0.0594 e. The molecule has 78 valence electrons. The van der Waals surface area contributed by atoms with Crippen molar-refractivity contribution in [2.24, 2.45) is 11.8 Å². The van der Waals surface area contributed by atoms with E-state index in [1.807, 2.05) is 0 Å². The molecule has 0 amide bonds. The molecular weight excluding hydrogens is 162 g/mol. The van der Waals surface area contributed by atoms with Gasteiger partial charge in [0.1, 0.15) is 0 Å².